The Hall–Kier alpha value is -2.47. The first kappa shape index (κ1) is 13.0. The van der Waals surface area contributed by atoms with Crippen molar-refractivity contribution in [2.75, 3.05) is 14.2 Å². The van der Waals surface area contributed by atoms with E-state index in [0.717, 1.165) is 22.6 Å². The molecule has 3 heteroatoms. The molecule has 0 unspecified atom stereocenters. The van der Waals surface area contributed by atoms with Gasteiger partial charge in [-0.1, -0.05) is 24.3 Å². The Bertz CT molecular complexity index is 554. The summed E-state index contributed by atoms with van der Waals surface area (Å²) >= 11 is 0. The first-order chi connectivity index (χ1) is 9.28. The number of hydrogen-bond donors (Lipinski definition) is 0. The van der Waals surface area contributed by atoms with E-state index in [2.05, 4.69) is 6.07 Å². The van der Waals surface area contributed by atoms with E-state index in [1.54, 1.807) is 14.2 Å². The van der Waals surface area contributed by atoms with Gasteiger partial charge in [-0.15, -0.1) is 0 Å². The van der Waals surface area contributed by atoms with Crippen molar-refractivity contribution >= 4 is 0 Å². The minimum absolute atomic E-state index is 0.329. The van der Waals surface area contributed by atoms with Gasteiger partial charge < -0.3 is 9.47 Å². The van der Waals surface area contributed by atoms with Gasteiger partial charge in [0.15, 0.2) is 0 Å². The van der Waals surface area contributed by atoms with E-state index in [1.807, 2.05) is 48.5 Å². The van der Waals surface area contributed by atoms with E-state index in [9.17, 15) is 5.26 Å². The zero-order chi connectivity index (χ0) is 13.7. The first-order valence-electron chi connectivity index (χ1n) is 5.96. The summed E-state index contributed by atoms with van der Waals surface area (Å²) in [4.78, 5) is 0. The summed E-state index contributed by atoms with van der Waals surface area (Å²) in [6.07, 6.45) is 0. The highest BCUT2D eigenvalue weighted by atomic mass is 16.5. The van der Waals surface area contributed by atoms with Crippen LogP contribution in [0.3, 0.4) is 0 Å². The molecule has 2 rings (SSSR count). The van der Waals surface area contributed by atoms with Crippen molar-refractivity contribution in [1.82, 2.24) is 0 Å². The fourth-order valence-corrected chi connectivity index (χ4v) is 1.98. The van der Waals surface area contributed by atoms with Gasteiger partial charge in [0.2, 0.25) is 0 Å². The van der Waals surface area contributed by atoms with Gasteiger partial charge in [0, 0.05) is 0 Å². The average molecular weight is 253 g/mol. The lowest BCUT2D eigenvalue weighted by molar-refractivity contribution is 0.413. The topological polar surface area (TPSA) is 42.2 Å². The molecule has 2 aromatic carbocycles. The molecule has 0 fully saturated rings. The van der Waals surface area contributed by atoms with Crippen LogP contribution in [0.2, 0.25) is 0 Å². The lowest BCUT2D eigenvalue weighted by Crippen LogP contribution is -1.99. The fourth-order valence-electron chi connectivity index (χ4n) is 1.98. The molecule has 0 atom stereocenters. The number of hydrogen-bond acceptors (Lipinski definition) is 3. The van der Waals surface area contributed by atoms with Crippen LogP contribution >= 0.6 is 0 Å². The monoisotopic (exact) mass is 253 g/mol. The van der Waals surface area contributed by atoms with E-state index in [1.165, 1.54) is 0 Å². The molecule has 0 bridgehead atoms. The maximum atomic E-state index is 9.43. The minimum atomic E-state index is -0.329. The van der Waals surface area contributed by atoms with Crippen LogP contribution in [0.25, 0.3) is 0 Å². The molecule has 0 aliphatic rings. The highest BCUT2D eigenvalue weighted by Gasteiger charge is 2.14. The van der Waals surface area contributed by atoms with Crippen LogP contribution in [0.5, 0.6) is 11.5 Å². The lowest BCUT2D eigenvalue weighted by Gasteiger charge is -2.12. The van der Waals surface area contributed by atoms with E-state index in [4.69, 9.17) is 9.47 Å². The van der Waals surface area contributed by atoms with Crippen molar-refractivity contribution in [3.05, 3.63) is 59.7 Å². The average Bonchev–Trinajstić information content (AvgIpc) is 2.48. The van der Waals surface area contributed by atoms with Crippen molar-refractivity contribution in [1.29, 1.82) is 5.26 Å². The molecule has 0 saturated heterocycles. The molecule has 0 radical (unpaired) electrons. The predicted molar refractivity (Wildman–Crippen MR) is 73.4 cm³/mol. The van der Waals surface area contributed by atoms with Gasteiger partial charge in [-0.2, -0.15) is 5.26 Å². The Labute approximate surface area is 113 Å². The number of benzene rings is 2. The summed E-state index contributed by atoms with van der Waals surface area (Å²) in [5, 5.41) is 9.43. The van der Waals surface area contributed by atoms with Gasteiger partial charge in [0.1, 0.15) is 11.5 Å². The number of ether oxygens (including phenoxy) is 2. The van der Waals surface area contributed by atoms with Gasteiger partial charge in [-0.25, -0.2) is 0 Å². The van der Waals surface area contributed by atoms with Gasteiger partial charge in [-0.3, -0.25) is 0 Å². The molecule has 2 aromatic rings. The quantitative estimate of drug-likeness (QED) is 0.839. The zero-order valence-corrected chi connectivity index (χ0v) is 11.0. The maximum absolute atomic E-state index is 9.43. The third-order valence-corrected chi connectivity index (χ3v) is 2.98. The van der Waals surface area contributed by atoms with Crippen LogP contribution in [0.1, 0.15) is 17.0 Å². The standard InChI is InChI=1S/C16H15NO2/c1-18-14-7-3-5-12(9-14)16(11-17)13-6-4-8-15(10-13)19-2/h3-10,16H,1-2H3. The fraction of sp³-hybridized carbons (Fsp3) is 0.188. The van der Waals surface area contributed by atoms with Crippen LogP contribution in [0, 0.1) is 11.3 Å². The van der Waals surface area contributed by atoms with Crippen molar-refractivity contribution in [3.8, 4) is 17.6 Å². The molecule has 0 saturated carbocycles. The van der Waals surface area contributed by atoms with E-state index >= 15 is 0 Å². The molecule has 0 aliphatic carbocycles. The Balaban J connectivity index is 2.41. The molecular weight excluding hydrogens is 238 g/mol. The summed E-state index contributed by atoms with van der Waals surface area (Å²) in [6, 6.07) is 17.4. The number of nitrogens with zero attached hydrogens (tertiary/aromatic N) is 1. The Morgan fingerprint density at radius 3 is 1.74 bits per heavy atom. The second kappa shape index (κ2) is 5.92. The predicted octanol–water partition coefficient (Wildman–Crippen LogP) is 3.36. The minimum Gasteiger partial charge on any atom is -0.497 e. The number of methoxy groups -OCH3 is 2. The normalized spacial score (nSPS) is 10.0. The van der Waals surface area contributed by atoms with Crippen molar-refractivity contribution in [2.24, 2.45) is 0 Å². The van der Waals surface area contributed by atoms with Crippen LogP contribution in [-0.2, 0) is 0 Å². The summed E-state index contributed by atoms with van der Waals surface area (Å²) in [5.41, 5.74) is 1.82. The smallest absolute Gasteiger partial charge is 0.119 e. The molecule has 96 valence electrons. The molecular formula is C16H15NO2. The van der Waals surface area contributed by atoms with Crippen molar-refractivity contribution in [2.45, 2.75) is 5.92 Å². The number of nitriles is 1. The molecule has 0 amide bonds. The summed E-state index contributed by atoms with van der Waals surface area (Å²) < 4.78 is 10.4. The van der Waals surface area contributed by atoms with E-state index in [-0.39, 0.29) is 5.92 Å². The lowest BCUT2D eigenvalue weighted by atomic mass is 9.92. The summed E-state index contributed by atoms with van der Waals surface area (Å²) in [7, 11) is 3.23. The first-order valence-corrected chi connectivity index (χ1v) is 5.96. The number of rotatable bonds is 4. The molecule has 19 heavy (non-hydrogen) atoms. The maximum Gasteiger partial charge on any atom is 0.119 e. The Kier molecular flexibility index (Phi) is 4.04. The van der Waals surface area contributed by atoms with Crippen LogP contribution in [0.4, 0.5) is 0 Å². The van der Waals surface area contributed by atoms with Crippen LogP contribution in [0.15, 0.2) is 48.5 Å². The molecule has 0 spiro atoms. The molecule has 3 nitrogen and oxygen atoms in total. The van der Waals surface area contributed by atoms with Gasteiger partial charge >= 0.3 is 0 Å². The Morgan fingerprint density at radius 2 is 1.37 bits per heavy atom. The second-order valence-corrected chi connectivity index (χ2v) is 4.12. The van der Waals surface area contributed by atoms with Gasteiger partial charge in [0.25, 0.3) is 0 Å². The second-order valence-electron chi connectivity index (χ2n) is 4.12. The molecule has 0 heterocycles. The highest BCUT2D eigenvalue weighted by molar-refractivity contribution is 5.43. The SMILES string of the molecule is COc1cccc(C(C#N)c2cccc(OC)c2)c1. The molecule has 0 aromatic heterocycles. The largest absolute Gasteiger partial charge is 0.497 e. The third-order valence-electron chi connectivity index (χ3n) is 2.98. The molecule has 0 N–H and O–H groups in total. The molecule has 0 aliphatic heterocycles. The van der Waals surface area contributed by atoms with Crippen LogP contribution in [-0.4, -0.2) is 14.2 Å². The van der Waals surface area contributed by atoms with Gasteiger partial charge in [0.05, 0.1) is 26.2 Å². The van der Waals surface area contributed by atoms with Crippen molar-refractivity contribution < 1.29 is 9.47 Å². The van der Waals surface area contributed by atoms with Gasteiger partial charge in [-0.05, 0) is 35.4 Å². The highest BCUT2D eigenvalue weighted by Crippen LogP contribution is 2.28. The zero-order valence-electron chi connectivity index (χ0n) is 11.0. The van der Waals surface area contributed by atoms with Crippen molar-refractivity contribution in [3.63, 3.8) is 0 Å². The van der Waals surface area contributed by atoms with E-state index < -0.39 is 0 Å². The van der Waals surface area contributed by atoms with Crippen LogP contribution < -0.4 is 9.47 Å². The summed E-state index contributed by atoms with van der Waals surface area (Å²) in [5.74, 6) is 1.17. The Morgan fingerprint density at radius 1 is 0.895 bits per heavy atom. The third kappa shape index (κ3) is 2.86. The summed E-state index contributed by atoms with van der Waals surface area (Å²) in [6.45, 7) is 0. The van der Waals surface area contributed by atoms with E-state index in [0.29, 0.717) is 0 Å².